The van der Waals surface area contributed by atoms with Crippen molar-refractivity contribution in [2.24, 2.45) is 5.73 Å². The number of nitrogens with zero attached hydrogens (tertiary/aromatic N) is 5. The lowest BCUT2D eigenvalue weighted by Crippen LogP contribution is -2.26. The van der Waals surface area contributed by atoms with Crippen LogP contribution in [-0.4, -0.2) is 49.7 Å². The molecule has 0 radical (unpaired) electrons. The van der Waals surface area contributed by atoms with E-state index in [1.54, 1.807) is 0 Å². The van der Waals surface area contributed by atoms with Crippen molar-refractivity contribution in [1.82, 2.24) is 24.5 Å². The predicted octanol–water partition coefficient (Wildman–Crippen LogP) is 3.26. The Morgan fingerprint density at radius 1 is 1.13 bits per heavy atom. The maximum Gasteiger partial charge on any atom is 0.187 e. The summed E-state index contributed by atoms with van der Waals surface area (Å²) in [5, 5.41) is 9.81. The summed E-state index contributed by atoms with van der Waals surface area (Å²) in [4.78, 5) is 7.24. The van der Waals surface area contributed by atoms with Crippen molar-refractivity contribution in [3.05, 3.63) is 54.2 Å². The second-order valence-corrected chi connectivity index (χ2v) is 8.29. The van der Waals surface area contributed by atoms with Gasteiger partial charge in [-0.05, 0) is 50.1 Å². The molecule has 3 aromatic heterocycles. The molecule has 5 rings (SSSR count). The largest absolute Gasteiger partial charge is 0.491 e. The molecule has 1 unspecified atom stereocenters. The average molecular weight is 403 g/mol. The van der Waals surface area contributed by atoms with Crippen molar-refractivity contribution in [1.29, 1.82) is 0 Å². The average Bonchev–Trinajstić information content (AvgIpc) is 3.32. The molecule has 1 atom stereocenters. The zero-order valence-electron chi connectivity index (χ0n) is 17.3. The molecule has 1 aromatic carbocycles. The summed E-state index contributed by atoms with van der Waals surface area (Å²) in [6, 6.07) is 14.5. The van der Waals surface area contributed by atoms with Gasteiger partial charge in [0.2, 0.25) is 0 Å². The fourth-order valence-electron chi connectivity index (χ4n) is 4.03. The van der Waals surface area contributed by atoms with Crippen molar-refractivity contribution in [2.75, 3.05) is 13.1 Å². The molecule has 4 heterocycles. The number of ether oxygens (including phenoxy) is 1. The van der Waals surface area contributed by atoms with Gasteiger partial charge < -0.3 is 10.5 Å². The zero-order valence-corrected chi connectivity index (χ0v) is 17.3. The lowest BCUT2D eigenvalue weighted by atomic mass is 10.2. The van der Waals surface area contributed by atoms with Crippen molar-refractivity contribution in [2.45, 2.75) is 39.0 Å². The molecule has 2 N–H and O–H groups in total. The van der Waals surface area contributed by atoms with Crippen LogP contribution in [0.2, 0.25) is 0 Å². The lowest BCUT2D eigenvalue weighted by molar-refractivity contribution is 0.242. The van der Waals surface area contributed by atoms with Crippen molar-refractivity contribution in [3.63, 3.8) is 0 Å². The first-order valence-electron chi connectivity index (χ1n) is 10.4. The number of benzene rings is 1. The number of hydrogen-bond donors (Lipinski definition) is 1. The molecule has 1 aliphatic rings. The highest BCUT2D eigenvalue weighted by molar-refractivity contribution is 5.82. The van der Waals surface area contributed by atoms with Crippen molar-refractivity contribution < 1.29 is 4.74 Å². The van der Waals surface area contributed by atoms with Crippen LogP contribution in [0, 0.1) is 0 Å². The van der Waals surface area contributed by atoms with Crippen LogP contribution in [0.1, 0.15) is 25.8 Å². The van der Waals surface area contributed by atoms with Crippen molar-refractivity contribution >= 4 is 16.6 Å². The summed E-state index contributed by atoms with van der Waals surface area (Å²) in [6.07, 6.45) is 3.29. The third-order valence-corrected chi connectivity index (χ3v) is 5.44. The highest BCUT2D eigenvalue weighted by Gasteiger charge is 2.19. The smallest absolute Gasteiger partial charge is 0.187 e. The number of hydrogen-bond acceptors (Lipinski definition) is 6. The van der Waals surface area contributed by atoms with Gasteiger partial charge in [-0.1, -0.05) is 12.1 Å². The number of aromatic nitrogens is 4. The number of rotatable bonds is 5. The maximum absolute atomic E-state index is 6.05. The Kier molecular flexibility index (Phi) is 4.84. The monoisotopic (exact) mass is 402 g/mol. The van der Waals surface area contributed by atoms with E-state index in [1.165, 1.54) is 5.56 Å². The quantitative estimate of drug-likeness (QED) is 0.552. The van der Waals surface area contributed by atoms with Crippen LogP contribution in [0.4, 0.5) is 0 Å². The van der Waals surface area contributed by atoms with E-state index < -0.39 is 0 Å². The van der Waals surface area contributed by atoms with Crippen LogP contribution in [0.15, 0.2) is 48.7 Å². The van der Waals surface area contributed by atoms with Gasteiger partial charge in [0.15, 0.2) is 11.5 Å². The minimum Gasteiger partial charge on any atom is -0.491 e. The Bertz CT molecular complexity index is 1200. The first-order chi connectivity index (χ1) is 14.5. The van der Waals surface area contributed by atoms with Gasteiger partial charge in [0.25, 0.3) is 0 Å². The van der Waals surface area contributed by atoms with E-state index in [2.05, 4.69) is 33.4 Å². The van der Waals surface area contributed by atoms with Gasteiger partial charge in [0.1, 0.15) is 11.4 Å². The number of fused-ring (bicyclic) bond motifs is 2. The molecule has 0 bridgehead atoms. The van der Waals surface area contributed by atoms with Crippen LogP contribution >= 0.6 is 0 Å². The SMILES string of the molecule is CC(C)Oc1ccc2ccc(-c3nnc4ccc(CN5CCC(N)C5)cn34)nc2c1. The van der Waals surface area contributed by atoms with Gasteiger partial charge in [0.05, 0.1) is 11.6 Å². The maximum atomic E-state index is 6.05. The van der Waals surface area contributed by atoms with Crippen LogP contribution in [0.5, 0.6) is 5.75 Å². The number of pyridine rings is 2. The molecule has 30 heavy (non-hydrogen) atoms. The first kappa shape index (κ1) is 19.0. The number of nitrogens with two attached hydrogens (primary N) is 1. The van der Waals surface area contributed by atoms with E-state index in [1.807, 2.05) is 48.6 Å². The molecule has 4 aromatic rings. The molecule has 7 nitrogen and oxygen atoms in total. The van der Waals surface area contributed by atoms with Crippen LogP contribution in [0.25, 0.3) is 28.1 Å². The molecule has 1 saturated heterocycles. The van der Waals surface area contributed by atoms with E-state index in [9.17, 15) is 0 Å². The Labute approximate surface area is 175 Å². The molecule has 0 amide bonds. The second kappa shape index (κ2) is 7.66. The molecule has 154 valence electrons. The highest BCUT2D eigenvalue weighted by Crippen LogP contribution is 2.25. The minimum absolute atomic E-state index is 0.120. The molecule has 0 aliphatic carbocycles. The Morgan fingerprint density at radius 3 is 2.80 bits per heavy atom. The molecule has 0 saturated carbocycles. The van der Waals surface area contributed by atoms with E-state index >= 15 is 0 Å². The minimum atomic E-state index is 0.120. The Hall–Kier alpha value is -3.03. The molecule has 7 heteroatoms. The predicted molar refractivity (Wildman–Crippen MR) is 117 cm³/mol. The molecule has 1 fully saturated rings. The standard InChI is InChI=1S/C23H26N6O/c1-15(2)30-19-6-4-17-5-7-20(25-21(17)11-19)23-27-26-22-8-3-16(13-29(22)23)12-28-10-9-18(24)14-28/h3-8,11,13,15,18H,9-10,12,14,24H2,1-2H3. The van der Waals surface area contributed by atoms with Gasteiger partial charge in [-0.15, -0.1) is 10.2 Å². The Balaban J connectivity index is 1.50. The molecular weight excluding hydrogens is 376 g/mol. The Morgan fingerprint density at radius 2 is 2.00 bits per heavy atom. The van der Waals surface area contributed by atoms with Crippen LogP contribution in [0.3, 0.4) is 0 Å². The summed E-state index contributed by atoms with van der Waals surface area (Å²) < 4.78 is 7.84. The van der Waals surface area contributed by atoms with E-state index in [0.29, 0.717) is 0 Å². The van der Waals surface area contributed by atoms with Gasteiger partial charge in [-0.25, -0.2) is 4.98 Å². The van der Waals surface area contributed by atoms with Gasteiger partial charge in [-0.2, -0.15) is 0 Å². The van der Waals surface area contributed by atoms with E-state index in [4.69, 9.17) is 15.5 Å². The third-order valence-electron chi connectivity index (χ3n) is 5.44. The zero-order chi connectivity index (χ0) is 20.7. The molecule has 1 aliphatic heterocycles. The first-order valence-corrected chi connectivity index (χ1v) is 10.4. The summed E-state index contributed by atoms with van der Waals surface area (Å²) >= 11 is 0. The van der Waals surface area contributed by atoms with Gasteiger partial charge >= 0.3 is 0 Å². The van der Waals surface area contributed by atoms with E-state index in [0.717, 1.165) is 59.9 Å². The summed E-state index contributed by atoms with van der Waals surface area (Å²) in [7, 11) is 0. The topological polar surface area (TPSA) is 81.6 Å². The third kappa shape index (κ3) is 3.74. The number of likely N-dealkylation sites (tertiary alicyclic amines) is 1. The lowest BCUT2D eigenvalue weighted by Gasteiger charge is -2.15. The summed E-state index contributed by atoms with van der Waals surface area (Å²) in [5.41, 5.74) is 9.74. The summed E-state index contributed by atoms with van der Waals surface area (Å²) in [5.74, 6) is 1.56. The molecular formula is C23H26N6O. The fraction of sp³-hybridized carbons (Fsp3) is 0.348. The summed E-state index contributed by atoms with van der Waals surface area (Å²) in [6.45, 7) is 6.90. The van der Waals surface area contributed by atoms with Gasteiger partial charge in [0, 0.05) is 43.3 Å². The second-order valence-electron chi connectivity index (χ2n) is 8.29. The normalized spacial score (nSPS) is 17.4. The van der Waals surface area contributed by atoms with Gasteiger partial charge in [-0.3, -0.25) is 9.30 Å². The fourth-order valence-corrected chi connectivity index (χ4v) is 4.03. The van der Waals surface area contributed by atoms with Crippen molar-refractivity contribution in [3.8, 4) is 17.3 Å². The highest BCUT2D eigenvalue weighted by atomic mass is 16.5. The van der Waals surface area contributed by atoms with Crippen LogP contribution < -0.4 is 10.5 Å². The van der Waals surface area contributed by atoms with Crippen LogP contribution in [-0.2, 0) is 6.54 Å². The molecule has 0 spiro atoms. The van der Waals surface area contributed by atoms with E-state index in [-0.39, 0.29) is 12.1 Å².